The molecule has 3 aromatic rings. The van der Waals surface area contributed by atoms with Crippen LogP contribution in [0.15, 0.2) is 28.9 Å². The molecule has 1 atom stereocenters. The van der Waals surface area contributed by atoms with Crippen molar-refractivity contribution < 1.29 is 14.3 Å². The van der Waals surface area contributed by atoms with Crippen LogP contribution in [0.3, 0.4) is 0 Å². The van der Waals surface area contributed by atoms with Crippen LogP contribution in [0.1, 0.15) is 58.8 Å². The molecule has 0 N–H and O–H groups in total. The number of carbonyl (C=O) groups excluding carboxylic acids is 1. The number of rotatable bonds is 4. The summed E-state index contributed by atoms with van der Waals surface area (Å²) in [5.74, 6) is -0.251. The number of esters is 1. The number of aryl methyl sites for hydroxylation is 1. The van der Waals surface area contributed by atoms with Crippen molar-refractivity contribution >= 4 is 38.3 Å². The van der Waals surface area contributed by atoms with Gasteiger partial charge >= 0.3 is 5.97 Å². The van der Waals surface area contributed by atoms with Gasteiger partial charge in [-0.1, -0.05) is 5.21 Å². The van der Waals surface area contributed by atoms with E-state index < -0.39 is 17.1 Å². The second-order valence-electron chi connectivity index (χ2n) is 9.33. The van der Waals surface area contributed by atoms with Crippen molar-refractivity contribution in [3.05, 3.63) is 40.0 Å². The maximum Gasteiger partial charge on any atom is 0.311 e. The predicted octanol–water partition coefficient (Wildman–Crippen LogP) is 5.40. The molecule has 29 heavy (non-hydrogen) atoms. The Morgan fingerprint density at radius 1 is 1.21 bits per heavy atom. The lowest BCUT2D eigenvalue weighted by atomic mass is 9.97. The van der Waals surface area contributed by atoms with Crippen molar-refractivity contribution in [1.29, 1.82) is 0 Å². The Bertz CT molecular complexity index is 1060. The molecule has 6 nitrogen and oxygen atoms in total. The molecule has 0 saturated heterocycles. The number of nitrogens with zero attached hydrogens (tertiary/aromatic N) is 3. The molecule has 0 saturated carbocycles. The van der Waals surface area contributed by atoms with E-state index in [1.807, 2.05) is 65.1 Å². The van der Waals surface area contributed by atoms with E-state index in [4.69, 9.17) is 9.47 Å². The van der Waals surface area contributed by atoms with Gasteiger partial charge in [0.05, 0.1) is 28.2 Å². The fraction of sp³-hybridized carbons (Fsp3) is 0.500. The summed E-state index contributed by atoms with van der Waals surface area (Å²) in [6, 6.07) is 6.09. The van der Waals surface area contributed by atoms with E-state index in [1.165, 1.54) is 0 Å². The molecule has 2 heterocycles. The van der Waals surface area contributed by atoms with Crippen molar-refractivity contribution in [3.8, 4) is 0 Å². The van der Waals surface area contributed by atoms with E-state index in [-0.39, 0.29) is 12.6 Å². The van der Waals surface area contributed by atoms with E-state index >= 15 is 0 Å². The van der Waals surface area contributed by atoms with Crippen molar-refractivity contribution in [1.82, 2.24) is 14.8 Å². The SMILES string of the molecule is Cc1cc2c(ccc3cnnn32)c(Br)c1[C@H](COC(=O)C(C)(C)C)OC(C)(C)C. The third-order valence-electron chi connectivity index (χ3n) is 4.55. The summed E-state index contributed by atoms with van der Waals surface area (Å²) in [6.07, 6.45) is 1.32. The molecule has 0 fully saturated rings. The first-order valence-electron chi connectivity index (χ1n) is 9.65. The monoisotopic (exact) mass is 461 g/mol. The molecule has 0 unspecified atom stereocenters. The first-order chi connectivity index (χ1) is 13.4. The highest BCUT2D eigenvalue weighted by molar-refractivity contribution is 9.10. The summed E-state index contributed by atoms with van der Waals surface area (Å²) in [5, 5.41) is 9.19. The highest BCUT2D eigenvalue weighted by Gasteiger charge is 2.29. The summed E-state index contributed by atoms with van der Waals surface area (Å²) >= 11 is 3.78. The van der Waals surface area contributed by atoms with Gasteiger partial charge < -0.3 is 9.47 Å². The Morgan fingerprint density at radius 2 is 1.90 bits per heavy atom. The fourth-order valence-corrected chi connectivity index (χ4v) is 4.11. The molecule has 0 aliphatic carbocycles. The summed E-state index contributed by atoms with van der Waals surface area (Å²) in [7, 11) is 0. The molecular weight excluding hydrogens is 434 g/mol. The minimum atomic E-state index is -0.569. The van der Waals surface area contributed by atoms with Crippen LogP contribution in [0.2, 0.25) is 0 Å². The Balaban J connectivity index is 2.08. The topological polar surface area (TPSA) is 65.7 Å². The van der Waals surface area contributed by atoms with Gasteiger partial charge in [0.25, 0.3) is 0 Å². The summed E-state index contributed by atoms with van der Waals surface area (Å²) < 4.78 is 14.7. The molecular formula is C22H28BrN3O3. The van der Waals surface area contributed by atoms with Crippen molar-refractivity contribution in [2.75, 3.05) is 6.61 Å². The number of pyridine rings is 1. The molecule has 156 valence electrons. The molecule has 3 rings (SSSR count). The van der Waals surface area contributed by atoms with E-state index in [0.717, 1.165) is 32.0 Å². The lowest BCUT2D eigenvalue weighted by Crippen LogP contribution is -2.30. The smallest absolute Gasteiger partial charge is 0.311 e. The van der Waals surface area contributed by atoms with E-state index in [1.54, 1.807) is 6.20 Å². The largest absolute Gasteiger partial charge is 0.462 e. The maximum absolute atomic E-state index is 12.4. The molecule has 1 aromatic carbocycles. The minimum absolute atomic E-state index is 0.143. The zero-order chi connectivity index (χ0) is 21.6. The average molecular weight is 462 g/mol. The maximum atomic E-state index is 12.4. The number of halogens is 1. The Kier molecular flexibility index (Phi) is 5.75. The fourth-order valence-electron chi connectivity index (χ4n) is 3.20. The zero-order valence-corrected chi connectivity index (χ0v) is 19.6. The summed E-state index contributed by atoms with van der Waals surface area (Å²) in [5.41, 5.74) is 2.89. The molecule has 0 radical (unpaired) electrons. The second-order valence-corrected chi connectivity index (χ2v) is 10.1. The third kappa shape index (κ3) is 4.61. The number of ether oxygens (including phenoxy) is 2. The molecule has 0 spiro atoms. The summed E-state index contributed by atoms with van der Waals surface area (Å²) in [6.45, 7) is 13.7. The predicted molar refractivity (Wildman–Crippen MR) is 117 cm³/mol. The second kappa shape index (κ2) is 7.69. The van der Waals surface area contributed by atoms with Crippen LogP contribution in [0.4, 0.5) is 0 Å². The van der Waals surface area contributed by atoms with E-state index in [9.17, 15) is 4.79 Å². The number of benzene rings is 1. The molecule has 2 aromatic heterocycles. The van der Waals surface area contributed by atoms with Gasteiger partial charge in [0.2, 0.25) is 0 Å². The highest BCUT2D eigenvalue weighted by Crippen LogP contribution is 2.38. The Labute approximate surface area is 179 Å². The number of carbonyl (C=O) groups is 1. The van der Waals surface area contributed by atoms with Crippen LogP contribution >= 0.6 is 15.9 Å². The van der Waals surface area contributed by atoms with Crippen LogP contribution in [0.25, 0.3) is 16.4 Å². The summed E-state index contributed by atoms with van der Waals surface area (Å²) in [4.78, 5) is 12.4. The first kappa shape index (κ1) is 21.7. The van der Waals surface area contributed by atoms with Crippen molar-refractivity contribution in [2.45, 2.75) is 60.2 Å². The number of fused-ring (bicyclic) bond motifs is 3. The van der Waals surface area contributed by atoms with Crippen LogP contribution in [0.5, 0.6) is 0 Å². The van der Waals surface area contributed by atoms with Gasteiger partial charge in [-0.2, -0.15) is 0 Å². The number of hydrogen-bond acceptors (Lipinski definition) is 5. The lowest BCUT2D eigenvalue weighted by Gasteiger charge is -2.30. The van der Waals surface area contributed by atoms with Crippen LogP contribution in [-0.4, -0.2) is 33.0 Å². The Hall–Kier alpha value is -1.99. The number of hydrogen-bond donors (Lipinski definition) is 0. The molecule has 7 heteroatoms. The molecule has 0 aliphatic heterocycles. The quantitative estimate of drug-likeness (QED) is 0.486. The van der Waals surface area contributed by atoms with Gasteiger partial charge in [0.15, 0.2) is 0 Å². The Morgan fingerprint density at radius 3 is 2.52 bits per heavy atom. The third-order valence-corrected chi connectivity index (χ3v) is 5.40. The highest BCUT2D eigenvalue weighted by atomic mass is 79.9. The zero-order valence-electron chi connectivity index (χ0n) is 18.0. The van der Waals surface area contributed by atoms with Crippen LogP contribution < -0.4 is 0 Å². The van der Waals surface area contributed by atoms with Gasteiger partial charge in [-0.15, -0.1) is 5.10 Å². The van der Waals surface area contributed by atoms with Crippen molar-refractivity contribution in [2.24, 2.45) is 5.41 Å². The van der Waals surface area contributed by atoms with Gasteiger partial charge in [-0.05, 0) is 88.2 Å². The normalized spacial score (nSPS) is 13.8. The van der Waals surface area contributed by atoms with Gasteiger partial charge in [0, 0.05) is 15.4 Å². The van der Waals surface area contributed by atoms with E-state index in [0.29, 0.717) is 0 Å². The number of aromatic nitrogens is 3. The van der Waals surface area contributed by atoms with Crippen LogP contribution in [0, 0.1) is 12.3 Å². The van der Waals surface area contributed by atoms with Gasteiger partial charge in [0.1, 0.15) is 12.7 Å². The van der Waals surface area contributed by atoms with Gasteiger partial charge in [-0.3, -0.25) is 4.79 Å². The van der Waals surface area contributed by atoms with Crippen LogP contribution in [-0.2, 0) is 14.3 Å². The molecule has 0 bridgehead atoms. The molecule has 0 amide bonds. The first-order valence-corrected chi connectivity index (χ1v) is 10.4. The lowest BCUT2D eigenvalue weighted by molar-refractivity contribution is -0.162. The van der Waals surface area contributed by atoms with E-state index in [2.05, 4.69) is 32.3 Å². The minimum Gasteiger partial charge on any atom is -0.462 e. The standard InChI is InChI=1S/C22H28BrN3O3/c1-13-10-16-15(9-8-14-11-24-25-26(14)16)19(23)18(13)17(29-22(5,6)7)12-28-20(27)21(2,3)4/h8-11,17H,12H2,1-7H3/t17-/m0/s1. The molecule has 0 aliphatic rings. The van der Waals surface area contributed by atoms with Crippen molar-refractivity contribution in [3.63, 3.8) is 0 Å². The average Bonchev–Trinajstić information content (AvgIpc) is 3.06. The van der Waals surface area contributed by atoms with Gasteiger partial charge in [-0.25, -0.2) is 4.52 Å².